The first-order valence-electron chi connectivity index (χ1n) is 7.23. The minimum atomic E-state index is -0.239. The lowest BCUT2D eigenvalue weighted by atomic mass is 10.1. The van der Waals surface area contributed by atoms with Gasteiger partial charge in [0.25, 0.3) is 0 Å². The van der Waals surface area contributed by atoms with E-state index in [-0.39, 0.29) is 5.71 Å². The molecule has 0 spiro atoms. The molecule has 0 aliphatic rings. The molecular formula is C18H13N5O. The van der Waals surface area contributed by atoms with E-state index >= 15 is 0 Å². The number of nitriles is 2. The Labute approximate surface area is 138 Å². The van der Waals surface area contributed by atoms with E-state index in [4.69, 9.17) is 14.9 Å². The second-order valence-corrected chi connectivity index (χ2v) is 5.26. The van der Waals surface area contributed by atoms with Crippen LogP contribution in [0.4, 0.5) is 5.69 Å². The topological polar surface area (TPSA) is 98.0 Å². The maximum atomic E-state index is 8.74. The molecule has 2 aromatic carbocycles. The average Bonchev–Trinajstić information content (AvgIpc) is 2.99. The van der Waals surface area contributed by atoms with Crippen LogP contribution in [0.25, 0.3) is 22.6 Å². The van der Waals surface area contributed by atoms with Crippen molar-refractivity contribution >= 4 is 22.5 Å². The van der Waals surface area contributed by atoms with Gasteiger partial charge in [0.2, 0.25) is 11.6 Å². The first-order chi connectivity index (χ1) is 11.6. The van der Waals surface area contributed by atoms with E-state index in [1.54, 1.807) is 12.1 Å². The van der Waals surface area contributed by atoms with Crippen molar-refractivity contribution in [3.05, 3.63) is 47.5 Å². The first kappa shape index (κ1) is 15.3. The van der Waals surface area contributed by atoms with Gasteiger partial charge in [-0.25, -0.2) is 4.98 Å². The molecule has 116 valence electrons. The van der Waals surface area contributed by atoms with Gasteiger partial charge in [-0.3, -0.25) is 5.43 Å². The van der Waals surface area contributed by atoms with Gasteiger partial charge in [-0.05, 0) is 49.2 Å². The number of hydrogen-bond acceptors (Lipinski definition) is 6. The predicted molar refractivity (Wildman–Crippen MR) is 91.2 cm³/mol. The van der Waals surface area contributed by atoms with Gasteiger partial charge in [-0.1, -0.05) is 12.1 Å². The van der Waals surface area contributed by atoms with Crippen molar-refractivity contribution in [2.24, 2.45) is 5.10 Å². The second kappa shape index (κ2) is 6.23. The number of hydrazone groups is 1. The fourth-order valence-electron chi connectivity index (χ4n) is 2.33. The van der Waals surface area contributed by atoms with E-state index in [0.717, 1.165) is 27.8 Å². The van der Waals surface area contributed by atoms with E-state index in [1.165, 1.54) is 0 Å². The lowest BCUT2D eigenvalue weighted by molar-refractivity contribution is 0.619. The number of rotatable bonds is 3. The number of hydrogen-bond donors (Lipinski definition) is 1. The minimum Gasteiger partial charge on any atom is -0.436 e. The SMILES string of the molecule is Cc1ccc2oc(-c3cccc(NN=C(C#N)C#N)c3C)nc2c1. The summed E-state index contributed by atoms with van der Waals surface area (Å²) in [5.74, 6) is 0.515. The largest absolute Gasteiger partial charge is 0.436 e. The van der Waals surface area contributed by atoms with E-state index in [1.807, 2.05) is 50.2 Å². The number of benzene rings is 2. The minimum absolute atomic E-state index is 0.239. The molecule has 0 amide bonds. The number of anilines is 1. The van der Waals surface area contributed by atoms with E-state index in [2.05, 4.69) is 15.5 Å². The van der Waals surface area contributed by atoms with Crippen LogP contribution in [-0.2, 0) is 0 Å². The molecule has 1 aromatic heterocycles. The van der Waals surface area contributed by atoms with Crippen LogP contribution in [0, 0.1) is 36.5 Å². The molecule has 0 bridgehead atoms. The summed E-state index contributed by atoms with van der Waals surface area (Å²) in [5.41, 5.74) is 7.50. The highest BCUT2D eigenvalue weighted by Gasteiger charge is 2.13. The molecule has 6 nitrogen and oxygen atoms in total. The smallest absolute Gasteiger partial charge is 0.237 e. The lowest BCUT2D eigenvalue weighted by Crippen LogP contribution is -1.98. The number of aryl methyl sites for hydroxylation is 1. The zero-order chi connectivity index (χ0) is 17.1. The Morgan fingerprint density at radius 2 is 1.96 bits per heavy atom. The maximum absolute atomic E-state index is 8.74. The quantitative estimate of drug-likeness (QED) is 0.583. The van der Waals surface area contributed by atoms with Crippen LogP contribution >= 0.6 is 0 Å². The van der Waals surface area contributed by atoms with Gasteiger partial charge >= 0.3 is 0 Å². The lowest BCUT2D eigenvalue weighted by Gasteiger charge is -2.07. The highest BCUT2D eigenvalue weighted by molar-refractivity contribution is 6.10. The molecule has 0 unspecified atom stereocenters. The molecule has 0 radical (unpaired) electrons. The molecule has 6 heteroatoms. The van der Waals surface area contributed by atoms with Crippen molar-refractivity contribution in [1.82, 2.24) is 4.98 Å². The van der Waals surface area contributed by atoms with E-state index in [0.29, 0.717) is 11.6 Å². The zero-order valence-corrected chi connectivity index (χ0v) is 13.2. The highest BCUT2D eigenvalue weighted by atomic mass is 16.3. The Balaban J connectivity index is 2.02. The van der Waals surface area contributed by atoms with Crippen molar-refractivity contribution in [2.45, 2.75) is 13.8 Å². The van der Waals surface area contributed by atoms with Crippen LogP contribution in [-0.4, -0.2) is 10.7 Å². The van der Waals surface area contributed by atoms with Crippen LogP contribution in [0.5, 0.6) is 0 Å². The summed E-state index contributed by atoms with van der Waals surface area (Å²) in [6, 6.07) is 14.8. The molecular weight excluding hydrogens is 302 g/mol. The van der Waals surface area contributed by atoms with Crippen LogP contribution in [0.1, 0.15) is 11.1 Å². The maximum Gasteiger partial charge on any atom is 0.237 e. The van der Waals surface area contributed by atoms with Gasteiger partial charge in [0, 0.05) is 5.56 Å². The fourth-order valence-corrected chi connectivity index (χ4v) is 2.33. The van der Waals surface area contributed by atoms with Crippen LogP contribution < -0.4 is 5.43 Å². The number of oxazole rings is 1. The first-order valence-corrected chi connectivity index (χ1v) is 7.23. The molecule has 0 fully saturated rings. The van der Waals surface area contributed by atoms with Crippen molar-refractivity contribution < 1.29 is 4.42 Å². The van der Waals surface area contributed by atoms with Crippen molar-refractivity contribution in [1.29, 1.82) is 10.5 Å². The predicted octanol–water partition coefficient (Wildman–Crippen LogP) is 3.93. The molecule has 0 saturated carbocycles. The average molecular weight is 315 g/mol. The molecule has 1 heterocycles. The van der Waals surface area contributed by atoms with Crippen LogP contribution in [0.3, 0.4) is 0 Å². The van der Waals surface area contributed by atoms with Gasteiger partial charge in [0.05, 0.1) is 5.69 Å². The molecule has 0 aliphatic carbocycles. The van der Waals surface area contributed by atoms with Gasteiger partial charge < -0.3 is 4.42 Å². The number of nitrogens with zero attached hydrogens (tertiary/aromatic N) is 4. The van der Waals surface area contributed by atoms with Gasteiger partial charge in [0.15, 0.2) is 5.58 Å². The monoisotopic (exact) mass is 315 g/mol. The van der Waals surface area contributed by atoms with Gasteiger partial charge in [-0.2, -0.15) is 15.6 Å². The summed E-state index contributed by atoms with van der Waals surface area (Å²) in [6.07, 6.45) is 0. The third-order valence-corrected chi connectivity index (χ3v) is 3.61. The second-order valence-electron chi connectivity index (χ2n) is 5.26. The highest BCUT2D eigenvalue weighted by Crippen LogP contribution is 2.30. The molecule has 0 atom stereocenters. The zero-order valence-electron chi connectivity index (χ0n) is 13.2. The number of fused-ring (bicyclic) bond motifs is 1. The Morgan fingerprint density at radius 3 is 2.71 bits per heavy atom. The van der Waals surface area contributed by atoms with E-state index < -0.39 is 0 Å². The Kier molecular flexibility index (Phi) is 3.96. The summed E-state index contributed by atoms with van der Waals surface area (Å²) < 4.78 is 5.83. The van der Waals surface area contributed by atoms with Gasteiger partial charge in [-0.15, -0.1) is 0 Å². The molecule has 0 saturated heterocycles. The summed E-state index contributed by atoms with van der Waals surface area (Å²) in [6.45, 7) is 3.90. The molecule has 3 rings (SSSR count). The van der Waals surface area contributed by atoms with Crippen molar-refractivity contribution in [3.8, 4) is 23.6 Å². The molecule has 0 aliphatic heterocycles. The third kappa shape index (κ3) is 2.81. The van der Waals surface area contributed by atoms with Crippen molar-refractivity contribution in [3.63, 3.8) is 0 Å². The van der Waals surface area contributed by atoms with E-state index in [9.17, 15) is 0 Å². The molecule has 1 N–H and O–H groups in total. The normalized spacial score (nSPS) is 10.0. The fraction of sp³-hybridized carbons (Fsp3) is 0.111. The molecule has 24 heavy (non-hydrogen) atoms. The number of aromatic nitrogens is 1. The summed E-state index contributed by atoms with van der Waals surface area (Å²) >= 11 is 0. The van der Waals surface area contributed by atoms with Crippen LogP contribution in [0.2, 0.25) is 0 Å². The molecule has 3 aromatic rings. The summed E-state index contributed by atoms with van der Waals surface area (Å²) in [5, 5.41) is 21.3. The Bertz CT molecular complexity index is 1020. The summed E-state index contributed by atoms with van der Waals surface area (Å²) in [7, 11) is 0. The van der Waals surface area contributed by atoms with Crippen molar-refractivity contribution in [2.75, 3.05) is 5.43 Å². The Morgan fingerprint density at radius 1 is 1.17 bits per heavy atom. The number of nitrogens with one attached hydrogen (secondary N) is 1. The van der Waals surface area contributed by atoms with Gasteiger partial charge in [0.1, 0.15) is 17.7 Å². The third-order valence-electron chi connectivity index (χ3n) is 3.61. The van der Waals surface area contributed by atoms with Crippen LogP contribution in [0.15, 0.2) is 45.9 Å². The Hall–Kier alpha value is -3.64. The standard InChI is InChI=1S/C18H13N5O/c1-11-6-7-17-16(8-11)21-18(24-17)14-4-3-5-15(12(14)2)23-22-13(9-19)10-20/h3-8,23H,1-2H3. The summed E-state index contributed by atoms with van der Waals surface area (Å²) in [4.78, 5) is 4.54.